The number of hydrogen-bond donors (Lipinski definition) is 1. The predicted octanol–water partition coefficient (Wildman–Crippen LogP) is 3.90. The highest BCUT2D eigenvalue weighted by Crippen LogP contribution is 2.19. The molecule has 5 heteroatoms. The first-order chi connectivity index (χ1) is 12.6. The van der Waals surface area contributed by atoms with Gasteiger partial charge in [0.25, 0.3) is 5.91 Å². The molecule has 132 valence electrons. The first kappa shape index (κ1) is 17.6. The molecule has 1 N–H and O–H groups in total. The van der Waals surface area contributed by atoms with E-state index in [9.17, 15) is 9.59 Å². The molecule has 1 amide bonds. The molecule has 3 aromatic rings. The highest BCUT2D eigenvalue weighted by molar-refractivity contribution is 6.04. The number of fused-ring (bicyclic) bond motifs is 1. The van der Waals surface area contributed by atoms with Crippen molar-refractivity contribution in [2.75, 3.05) is 11.9 Å². The minimum atomic E-state index is -0.539. The molecule has 0 saturated carbocycles. The summed E-state index contributed by atoms with van der Waals surface area (Å²) in [5, 5.41) is 3.43. The molecule has 1 heterocycles. The maximum absolute atomic E-state index is 12.4. The fourth-order valence-corrected chi connectivity index (χ4v) is 2.71. The van der Waals surface area contributed by atoms with Gasteiger partial charge in [0.15, 0.2) is 6.61 Å². The number of para-hydroxylation sites is 1. The lowest BCUT2D eigenvalue weighted by atomic mass is 10.1. The number of nitrogens with zero attached hydrogens (tertiary/aromatic N) is 1. The Morgan fingerprint density at radius 3 is 2.54 bits per heavy atom. The molecule has 0 fully saturated rings. The maximum atomic E-state index is 12.4. The fraction of sp³-hybridized carbons (Fsp3) is 0.190. The summed E-state index contributed by atoms with van der Waals surface area (Å²) in [5.41, 5.74) is 3.71. The number of anilines is 1. The first-order valence-corrected chi connectivity index (χ1v) is 8.49. The zero-order valence-corrected chi connectivity index (χ0v) is 14.8. The Labute approximate surface area is 152 Å². The van der Waals surface area contributed by atoms with Crippen LogP contribution in [0.4, 0.5) is 5.69 Å². The van der Waals surface area contributed by atoms with Gasteiger partial charge in [-0.15, -0.1) is 0 Å². The maximum Gasteiger partial charge on any atom is 0.339 e. The normalized spacial score (nSPS) is 10.5. The second-order valence-corrected chi connectivity index (χ2v) is 6.00. The number of carbonyl (C=O) groups is 2. The third-order valence-corrected chi connectivity index (χ3v) is 4.04. The monoisotopic (exact) mass is 348 g/mol. The van der Waals surface area contributed by atoms with Crippen LogP contribution in [0.3, 0.4) is 0 Å². The molecule has 0 atom stereocenters. The van der Waals surface area contributed by atoms with E-state index >= 15 is 0 Å². The Kier molecular flexibility index (Phi) is 5.27. The van der Waals surface area contributed by atoms with Crippen molar-refractivity contribution >= 4 is 28.5 Å². The van der Waals surface area contributed by atoms with E-state index in [-0.39, 0.29) is 12.5 Å². The minimum absolute atomic E-state index is 0.343. The number of ether oxygens (including phenoxy) is 1. The van der Waals surface area contributed by atoms with Gasteiger partial charge in [0.05, 0.1) is 11.1 Å². The van der Waals surface area contributed by atoms with Crippen molar-refractivity contribution in [1.29, 1.82) is 0 Å². The van der Waals surface area contributed by atoms with E-state index in [4.69, 9.17) is 4.74 Å². The van der Waals surface area contributed by atoms with Crippen molar-refractivity contribution in [1.82, 2.24) is 4.98 Å². The fourth-order valence-electron chi connectivity index (χ4n) is 2.71. The van der Waals surface area contributed by atoms with Crippen LogP contribution in [-0.4, -0.2) is 23.5 Å². The Morgan fingerprint density at radius 2 is 1.81 bits per heavy atom. The molecule has 0 aliphatic rings. The number of aromatic nitrogens is 1. The number of carbonyl (C=O) groups excluding carboxylic acids is 2. The summed E-state index contributed by atoms with van der Waals surface area (Å²) in [5.74, 6) is -0.916. The van der Waals surface area contributed by atoms with Crippen molar-refractivity contribution in [3.63, 3.8) is 0 Å². The van der Waals surface area contributed by atoms with Gasteiger partial charge in [0.2, 0.25) is 0 Å². The van der Waals surface area contributed by atoms with Gasteiger partial charge in [-0.25, -0.2) is 4.79 Å². The number of benzene rings is 2. The second-order valence-electron chi connectivity index (χ2n) is 6.00. The molecule has 0 aliphatic heterocycles. The number of amides is 1. The third-order valence-electron chi connectivity index (χ3n) is 4.04. The molecule has 0 unspecified atom stereocenters. The highest BCUT2D eigenvalue weighted by Gasteiger charge is 2.15. The lowest BCUT2D eigenvalue weighted by Crippen LogP contribution is -2.21. The Balaban J connectivity index is 1.66. The Hall–Kier alpha value is -3.21. The van der Waals surface area contributed by atoms with Crippen LogP contribution in [0.1, 0.15) is 28.5 Å². The van der Waals surface area contributed by atoms with Crippen LogP contribution in [0.25, 0.3) is 10.9 Å². The molecule has 0 spiro atoms. The quantitative estimate of drug-likeness (QED) is 0.710. The molecular weight excluding hydrogens is 328 g/mol. The zero-order chi connectivity index (χ0) is 18.5. The smallest absolute Gasteiger partial charge is 0.339 e. The number of pyridine rings is 1. The molecule has 26 heavy (non-hydrogen) atoms. The van der Waals surface area contributed by atoms with Crippen LogP contribution in [0.5, 0.6) is 0 Å². The van der Waals surface area contributed by atoms with E-state index in [0.29, 0.717) is 16.6 Å². The van der Waals surface area contributed by atoms with E-state index < -0.39 is 5.97 Å². The van der Waals surface area contributed by atoms with Gasteiger partial charge in [-0.05, 0) is 43.2 Å². The van der Waals surface area contributed by atoms with Crippen LogP contribution in [0, 0.1) is 6.92 Å². The second kappa shape index (κ2) is 7.78. The van der Waals surface area contributed by atoms with E-state index in [1.54, 1.807) is 6.07 Å². The van der Waals surface area contributed by atoms with Gasteiger partial charge in [-0.2, -0.15) is 0 Å². The molecule has 3 rings (SSSR count). The van der Waals surface area contributed by atoms with Crippen molar-refractivity contribution in [3.05, 3.63) is 71.4 Å². The molecule has 0 aliphatic carbocycles. The van der Waals surface area contributed by atoms with Gasteiger partial charge in [-0.3, -0.25) is 9.78 Å². The largest absolute Gasteiger partial charge is 0.452 e. The van der Waals surface area contributed by atoms with Crippen LogP contribution in [0.2, 0.25) is 0 Å². The lowest BCUT2D eigenvalue weighted by molar-refractivity contribution is -0.119. The average Bonchev–Trinajstić information content (AvgIpc) is 2.66. The van der Waals surface area contributed by atoms with Crippen LogP contribution in [0.15, 0.2) is 54.6 Å². The molecule has 1 aromatic heterocycles. The zero-order valence-electron chi connectivity index (χ0n) is 14.8. The Morgan fingerprint density at radius 1 is 1.08 bits per heavy atom. The van der Waals surface area contributed by atoms with Gasteiger partial charge in [0.1, 0.15) is 0 Å². The van der Waals surface area contributed by atoms with Gasteiger partial charge in [-0.1, -0.05) is 37.3 Å². The summed E-state index contributed by atoms with van der Waals surface area (Å²) in [6.07, 6.45) is 0.936. The third kappa shape index (κ3) is 4.06. The number of esters is 1. The van der Waals surface area contributed by atoms with E-state index in [0.717, 1.165) is 17.6 Å². The molecule has 0 bridgehead atoms. The van der Waals surface area contributed by atoms with E-state index in [1.165, 1.54) is 5.56 Å². The average molecular weight is 348 g/mol. The summed E-state index contributed by atoms with van der Waals surface area (Å²) in [6.45, 7) is 3.54. The highest BCUT2D eigenvalue weighted by atomic mass is 16.5. The first-order valence-electron chi connectivity index (χ1n) is 8.49. The standard InChI is InChI=1S/C21H20N2O3/c1-3-15-8-10-16(11-9-15)23-20(24)13-26-21(25)18-12-14(2)22-19-7-5-4-6-17(18)19/h4-12H,3,13H2,1-2H3,(H,23,24). The Bertz CT molecular complexity index is 949. The summed E-state index contributed by atoms with van der Waals surface area (Å²) in [7, 11) is 0. The molecule has 0 radical (unpaired) electrons. The lowest BCUT2D eigenvalue weighted by Gasteiger charge is -2.09. The van der Waals surface area contributed by atoms with Crippen LogP contribution < -0.4 is 5.32 Å². The summed E-state index contributed by atoms with van der Waals surface area (Å²) < 4.78 is 5.19. The predicted molar refractivity (Wildman–Crippen MR) is 101 cm³/mol. The summed E-state index contributed by atoms with van der Waals surface area (Å²) in [4.78, 5) is 28.9. The number of hydrogen-bond acceptors (Lipinski definition) is 4. The van der Waals surface area contributed by atoms with Crippen molar-refractivity contribution in [3.8, 4) is 0 Å². The minimum Gasteiger partial charge on any atom is -0.452 e. The SMILES string of the molecule is CCc1ccc(NC(=O)COC(=O)c2cc(C)nc3ccccc23)cc1. The van der Waals surface area contributed by atoms with Crippen LogP contribution in [-0.2, 0) is 16.0 Å². The number of nitrogens with one attached hydrogen (secondary N) is 1. The summed E-state index contributed by atoms with van der Waals surface area (Å²) in [6, 6.07) is 16.6. The topological polar surface area (TPSA) is 68.3 Å². The van der Waals surface area contributed by atoms with Crippen molar-refractivity contribution < 1.29 is 14.3 Å². The van der Waals surface area contributed by atoms with Crippen molar-refractivity contribution in [2.45, 2.75) is 20.3 Å². The molecule has 0 saturated heterocycles. The summed E-state index contributed by atoms with van der Waals surface area (Å²) >= 11 is 0. The number of rotatable bonds is 5. The van der Waals surface area contributed by atoms with Crippen LogP contribution >= 0.6 is 0 Å². The van der Waals surface area contributed by atoms with Gasteiger partial charge in [0, 0.05) is 16.8 Å². The van der Waals surface area contributed by atoms with Gasteiger partial charge < -0.3 is 10.1 Å². The van der Waals surface area contributed by atoms with E-state index in [2.05, 4.69) is 17.2 Å². The van der Waals surface area contributed by atoms with Gasteiger partial charge >= 0.3 is 5.97 Å². The van der Waals surface area contributed by atoms with Crippen molar-refractivity contribution in [2.24, 2.45) is 0 Å². The molecule has 2 aromatic carbocycles. The molecular formula is C21H20N2O3. The number of aryl methyl sites for hydroxylation is 2. The molecule has 5 nitrogen and oxygen atoms in total. The van der Waals surface area contributed by atoms with E-state index in [1.807, 2.05) is 55.5 Å².